The van der Waals surface area contributed by atoms with Crippen molar-refractivity contribution in [3.8, 4) is 0 Å². The highest BCUT2D eigenvalue weighted by Gasteiger charge is 2.00. The van der Waals surface area contributed by atoms with Gasteiger partial charge in [0, 0.05) is 0 Å². The zero-order valence-corrected chi connectivity index (χ0v) is 8.20. The lowest BCUT2D eigenvalue weighted by atomic mass is 10.1. The SMILES string of the molecule is O=C(O)c1ccc(CC=CO[N+](=O)[O-])cc1. The summed E-state index contributed by atoms with van der Waals surface area (Å²) in [5.41, 5.74) is 1.04. The van der Waals surface area contributed by atoms with Gasteiger partial charge in [-0.25, -0.2) is 4.79 Å². The Bertz CT molecular complexity index is 410. The molecule has 0 aliphatic rings. The van der Waals surface area contributed by atoms with Gasteiger partial charge in [0.1, 0.15) is 0 Å². The largest absolute Gasteiger partial charge is 0.478 e. The molecule has 0 saturated heterocycles. The second-order valence-corrected chi connectivity index (χ2v) is 2.91. The smallest absolute Gasteiger partial charge is 0.335 e. The lowest BCUT2D eigenvalue weighted by Crippen LogP contribution is -1.96. The molecule has 6 nitrogen and oxygen atoms in total. The Hall–Kier alpha value is -2.37. The van der Waals surface area contributed by atoms with Crippen molar-refractivity contribution in [3.05, 3.63) is 57.8 Å². The number of carbonyl (C=O) groups is 1. The number of aromatic carboxylic acids is 1. The maximum Gasteiger partial charge on any atom is 0.335 e. The number of carboxylic acids is 1. The summed E-state index contributed by atoms with van der Waals surface area (Å²) >= 11 is 0. The van der Waals surface area contributed by atoms with Crippen LogP contribution in [0.2, 0.25) is 0 Å². The zero-order chi connectivity index (χ0) is 12.0. The standard InChI is InChI=1S/C10H9NO5/c12-10(13)9-5-3-8(4-6-9)2-1-7-16-11(14)15/h1,3-7H,2H2,(H,12,13). The number of rotatable bonds is 5. The number of carboxylic acid groups (broad SMARTS) is 1. The molecule has 1 rings (SSSR count). The van der Waals surface area contributed by atoms with E-state index < -0.39 is 11.1 Å². The predicted octanol–water partition coefficient (Wildman–Crippen LogP) is 1.65. The highest BCUT2D eigenvalue weighted by molar-refractivity contribution is 5.87. The molecule has 1 aromatic rings. The minimum atomic E-state index is -0.987. The van der Waals surface area contributed by atoms with E-state index in [0.717, 1.165) is 11.8 Å². The zero-order valence-electron chi connectivity index (χ0n) is 8.20. The second-order valence-electron chi connectivity index (χ2n) is 2.91. The van der Waals surface area contributed by atoms with Crippen molar-refractivity contribution in [2.75, 3.05) is 0 Å². The fourth-order valence-corrected chi connectivity index (χ4v) is 1.06. The molecule has 0 aliphatic carbocycles. The Balaban J connectivity index is 2.52. The first-order valence-electron chi connectivity index (χ1n) is 4.38. The van der Waals surface area contributed by atoms with E-state index in [2.05, 4.69) is 4.84 Å². The van der Waals surface area contributed by atoms with Gasteiger partial charge in [-0.15, -0.1) is 10.1 Å². The summed E-state index contributed by atoms with van der Waals surface area (Å²) < 4.78 is 0. The summed E-state index contributed by atoms with van der Waals surface area (Å²) in [5.74, 6) is -0.987. The maximum absolute atomic E-state index is 10.5. The van der Waals surface area contributed by atoms with Crippen LogP contribution in [0.15, 0.2) is 36.6 Å². The van der Waals surface area contributed by atoms with Crippen molar-refractivity contribution in [3.63, 3.8) is 0 Å². The first kappa shape index (κ1) is 11.7. The molecule has 0 fully saturated rings. The Morgan fingerprint density at radius 2 is 2.06 bits per heavy atom. The molecule has 0 aromatic heterocycles. The monoisotopic (exact) mass is 223 g/mol. The van der Waals surface area contributed by atoms with E-state index in [4.69, 9.17) is 5.11 Å². The summed E-state index contributed by atoms with van der Waals surface area (Å²) in [6.07, 6.45) is 2.89. The van der Waals surface area contributed by atoms with Gasteiger partial charge in [-0.3, -0.25) is 4.84 Å². The van der Waals surface area contributed by atoms with Crippen LogP contribution in [0.1, 0.15) is 15.9 Å². The summed E-state index contributed by atoms with van der Waals surface area (Å²) in [4.78, 5) is 24.3. The predicted molar refractivity (Wildman–Crippen MR) is 54.3 cm³/mol. The minimum Gasteiger partial charge on any atom is -0.478 e. The van der Waals surface area contributed by atoms with Crippen molar-refractivity contribution in [1.29, 1.82) is 0 Å². The van der Waals surface area contributed by atoms with Gasteiger partial charge >= 0.3 is 5.97 Å². The van der Waals surface area contributed by atoms with Crippen LogP contribution >= 0.6 is 0 Å². The highest BCUT2D eigenvalue weighted by atomic mass is 16.9. The normalized spacial score (nSPS) is 10.2. The molecular weight excluding hydrogens is 214 g/mol. The molecule has 0 unspecified atom stereocenters. The van der Waals surface area contributed by atoms with Gasteiger partial charge in [-0.1, -0.05) is 18.2 Å². The van der Waals surface area contributed by atoms with Crippen LogP contribution in [0.4, 0.5) is 0 Å². The van der Waals surface area contributed by atoms with Crippen molar-refractivity contribution < 1.29 is 19.8 Å². The van der Waals surface area contributed by atoms with Crippen LogP contribution in [-0.2, 0) is 11.3 Å². The van der Waals surface area contributed by atoms with Gasteiger partial charge in [-0.05, 0) is 24.1 Å². The number of hydrogen-bond donors (Lipinski definition) is 1. The summed E-state index contributed by atoms with van der Waals surface area (Å²) in [5, 5.41) is 17.5. The number of allylic oxidation sites excluding steroid dienone is 1. The molecule has 84 valence electrons. The molecule has 0 radical (unpaired) electrons. The molecule has 0 spiro atoms. The third-order valence-electron chi connectivity index (χ3n) is 1.80. The molecule has 16 heavy (non-hydrogen) atoms. The van der Waals surface area contributed by atoms with Crippen LogP contribution in [0, 0.1) is 10.1 Å². The van der Waals surface area contributed by atoms with Gasteiger partial charge in [0.15, 0.2) is 0 Å². The van der Waals surface area contributed by atoms with E-state index in [0.29, 0.717) is 6.42 Å². The van der Waals surface area contributed by atoms with Crippen molar-refractivity contribution in [2.24, 2.45) is 0 Å². The highest BCUT2D eigenvalue weighted by Crippen LogP contribution is 2.05. The third-order valence-corrected chi connectivity index (χ3v) is 1.80. The summed E-state index contributed by atoms with van der Waals surface area (Å²) in [6.45, 7) is 0. The Labute approximate surface area is 90.9 Å². The molecule has 0 amide bonds. The van der Waals surface area contributed by atoms with E-state index in [1.54, 1.807) is 12.1 Å². The van der Waals surface area contributed by atoms with E-state index in [9.17, 15) is 14.9 Å². The van der Waals surface area contributed by atoms with Gasteiger partial charge in [-0.2, -0.15) is 0 Å². The van der Waals surface area contributed by atoms with Crippen molar-refractivity contribution in [1.82, 2.24) is 0 Å². The number of hydrogen-bond acceptors (Lipinski definition) is 4. The van der Waals surface area contributed by atoms with Crippen LogP contribution in [0.5, 0.6) is 0 Å². The van der Waals surface area contributed by atoms with Gasteiger partial charge in [0.25, 0.3) is 5.09 Å². The van der Waals surface area contributed by atoms with Crippen molar-refractivity contribution in [2.45, 2.75) is 6.42 Å². The molecule has 0 aliphatic heterocycles. The molecule has 0 saturated carbocycles. The van der Waals surface area contributed by atoms with Crippen LogP contribution in [0.25, 0.3) is 0 Å². The Kier molecular flexibility index (Phi) is 4.02. The lowest BCUT2D eigenvalue weighted by Gasteiger charge is -1.97. The van der Waals surface area contributed by atoms with E-state index in [-0.39, 0.29) is 5.56 Å². The lowest BCUT2D eigenvalue weighted by molar-refractivity contribution is -0.737. The Morgan fingerprint density at radius 1 is 1.44 bits per heavy atom. The van der Waals surface area contributed by atoms with E-state index in [1.807, 2.05) is 0 Å². The fourth-order valence-electron chi connectivity index (χ4n) is 1.06. The molecule has 0 heterocycles. The number of nitrogens with zero attached hydrogens (tertiary/aromatic N) is 1. The fraction of sp³-hybridized carbons (Fsp3) is 0.100. The first-order valence-corrected chi connectivity index (χ1v) is 4.38. The minimum absolute atomic E-state index is 0.203. The molecule has 1 N–H and O–H groups in total. The topological polar surface area (TPSA) is 89.7 Å². The summed E-state index contributed by atoms with van der Waals surface area (Å²) in [7, 11) is 0. The van der Waals surface area contributed by atoms with Crippen molar-refractivity contribution >= 4 is 5.97 Å². The summed E-state index contributed by atoms with van der Waals surface area (Å²) in [6, 6.07) is 6.22. The quantitative estimate of drug-likeness (QED) is 0.465. The molecular formula is C10H9NO5. The van der Waals surface area contributed by atoms with Gasteiger partial charge in [0.2, 0.25) is 0 Å². The van der Waals surface area contributed by atoms with Crippen LogP contribution in [0.3, 0.4) is 0 Å². The van der Waals surface area contributed by atoms with E-state index in [1.165, 1.54) is 18.2 Å². The Morgan fingerprint density at radius 3 is 2.56 bits per heavy atom. The molecule has 0 atom stereocenters. The average molecular weight is 223 g/mol. The number of benzene rings is 1. The third kappa shape index (κ3) is 3.79. The van der Waals surface area contributed by atoms with Gasteiger partial charge < -0.3 is 5.11 Å². The molecule has 6 heteroatoms. The first-order chi connectivity index (χ1) is 7.59. The average Bonchev–Trinajstić information content (AvgIpc) is 2.25. The second kappa shape index (κ2) is 5.50. The van der Waals surface area contributed by atoms with Crippen LogP contribution in [-0.4, -0.2) is 16.2 Å². The van der Waals surface area contributed by atoms with Crippen LogP contribution < -0.4 is 0 Å². The molecule has 1 aromatic carbocycles. The van der Waals surface area contributed by atoms with E-state index >= 15 is 0 Å². The maximum atomic E-state index is 10.5. The van der Waals surface area contributed by atoms with Gasteiger partial charge in [0.05, 0.1) is 11.8 Å². The molecule has 0 bridgehead atoms.